The fourth-order valence-electron chi connectivity index (χ4n) is 3.29. The van der Waals surface area contributed by atoms with Crippen LogP contribution in [0.2, 0.25) is 0 Å². The predicted octanol–water partition coefficient (Wildman–Crippen LogP) is 4.27. The molecule has 27 heavy (non-hydrogen) atoms. The van der Waals surface area contributed by atoms with Crippen molar-refractivity contribution < 1.29 is 14.3 Å². The smallest absolute Gasteiger partial charge is 0.411 e. The van der Waals surface area contributed by atoms with Gasteiger partial charge >= 0.3 is 6.09 Å². The van der Waals surface area contributed by atoms with E-state index in [4.69, 9.17) is 9.47 Å². The van der Waals surface area contributed by atoms with Crippen molar-refractivity contribution in [3.8, 4) is 5.75 Å². The summed E-state index contributed by atoms with van der Waals surface area (Å²) in [6, 6.07) is 15.3. The molecule has 0 radical (unpaired) electrons. The van der Waals surface area contributed by atoms with Gasteiger partial charge < -0.3 is 14.5 Å². The molecular formula is C21H21N3O3. The summed E-state index contributed by atoms with van der Waals surface area (Å²) in [4.78, 5) is 19.4. The number of carbonyl (C=O) groups excluding carboxylic acids is 1. The summed E-state index contributed by atoms with van der Waals surface area (Å²) in [5, 5.41) is 2.80. The minimum atomic E-state index is -0.472. The summed E-state index contributed by atoms with van der Waals surface area (Å²) >= 11 is 0. The van der Waals surface area contributed by atoms with E-state index in [-0.39, 0.29) is 6.61 Å². The maximum absolute atomic E-state index is 12.1. The largest absolute Gasteiger partial charge is 0.493 e. The van der Waals surface area contributed by atoms with Crippen LogP contribution < -0.4 is 10.1 Å². The highest BCUT2D eigenvalue weighted by Gasteiger charge is 2.23. The van der Waals surface area contributed by atoms with Crippen LogP contribution in [-0.4, -0.2) is 22.7 Å². The first-order chi connectivity index (χ1) is 13.3. The molecule has 0 bridgehead atoms. The Morgan fingerprint density at radius 3 is 2.96 bits per heavy atom. The molecule has 1 atom stereocenters. The average molecular weight is 363 g/mol. The van der Waals surface area contributed by atoms with Gasteiger partial charge in [-0.05, 0) is 48.1 Å². The third-order valence-corrected chi connectivity index (χ3v) is 4.65. The van der Waals surface area contributed by atoms with Crippen LogP contribution in [0.25, 0.3) is 0 Å². The summed E-state index contributed by atoms with van der Waals surface area (Å²) in [5.41, 5.74) is 3.84. The van der Waals surface area contributed by atoms with Crippen molar-refractivity contribution in [3.63, 3.8) is 0 Å². The van der Waals surface area contributed by atoms with Crippen molar-refractivity contribution in [3.05, 3.63) is 77.9 Å². The lowest BCUT2D eigenvalue weighted by molar-refractivity contribution is 0.155. The number of benzene rings is 2. The van der Waals surface area contributed by atoms with Crippen LogP contribution in [0.1, 0.15) is 29.2 Å². The van der Waals surface area contributed by atoms with Gasteiger partial charge in [0.1, 0.15) is 12.4 Å². The average Bonchev–Trinajstić information content (AvgIpc) is 3.21. The summed E-state index contributed by atoms with van der Waals surface area (Å²) in [6.07, 6.45) is 4.85. The highest BCUT2D eigenvalue weighted by molar-refractivity contribution is 5.85. The Labute approximate surface area is 157 Å². The molecule has 3 aromatic rings. The van der Waals surface area contributed by atoms with Gasteiger partial charge in [0.25, 0.3) is 0 Å². The molecule has 0 fully saturated rings. The van der Waals surface area contributed by atoms with Gasteiger partial charge in [-0.2, -0.15) is 0 Å². The second-order valence-corrected chi connectivity index (χ2v) is 6.55. The van der Waals surface area contributed by atoms with Crippen LogP contribution in [0.15, 0.2) is 61.1 Å². The number of nitrogens with zero attached hydrogens (tertiary/aromatic N) is 1. The third kappa shape index (κ3) is 4.28. The second-order valence-electron chi connectivity index (χ2n) is 6.55. The van der Waals surface area contributed by atoms with Crippen LogP contribution in [-0.2, 0) is 17.8 Å². The van der Waals surface area contributed by atoms with Crippen molar-refractivity contribution in [2.24, 2.45) is 0 Å². The van der Waals surface area contributed by atoms with E-state index >= 15 is 0 Å². The molecule has 138 valence electrons. The number of imidazole rings is 1. The molecule has 6 heteroatoms. The molecular weight excluding hydrogens is 342 g/mol. The van der Waals surface area contributed by atoms with Crippen molar-refractivity contribution in [1.82, 2.24) is 9.97 Å². The summed E-state index contributed by atoms with van der Waals surface area (Å²) < 4.78 is 11.1. The van der Waals surface area contributed by atoms with Gasteiger partial charge in [-0.15, -0.1) is 0 Å². The predicted molar refractivity (Wildman–Crippen MR) is 102 cm³/mol. The molecule has 0 spiro atoms. The van der Waals surface area contributed by atoms with Crippen molar-refractivity contribution in [2.75, 3.05) is 11.9 Å². The van der Waals surface area contributed by atoms with Crippen LogP contribution >= 0.6 is 0 Å². The van der Waals surface area contributed by atoms with Crippen LogP contribution in [0.3, 0.4) is 0 Å². The number of amides is 1. The molecule has 2 heterocycles. The Morgan fingerprint density at radius 1 is 1.26 bits per heavy atom. The normalized spacial score (nSPS) is 15.5. The maximum atomic E-state index is 12.1. The first-order valence-electron chi connectivity index (χ1n) is 8.99. The van der Waals surface area contributed by atoms with Gasteiger partial charge in [-0.25, -0.2) is 9.78 Å². The molecule has 1 aliphatic heterocycles. The molecule has 4 rings (SSSR count). The maximum Gasteiger partial charge on any atom is 0.411 e. The zero-order valence-corrected chi connectivity index (χ0v) is 14.9. The van der Waals surface area contributed by atoms with Gasteiger partial charge in [0.2, 0.25) is 0 Å². The molecule has 0 aliphatic carbocycles. The number of anilines is 1. The molecule has 1 amide bonds. The topological polar surface area (TPSA) is 76.2 Å². The summed E-state index contributed by atoms with van der Waals surface area (Å²) in [6.45, 7) is 0.931. The Bertz CT molecular complexity index is 894. The molecule has 6 nitrogen and oxygen atoms in total. The molecule has 0 saturated carbocycles. The SMILES string of the molecule is O=C(Nc1ccc2c(c1)C(Cc1cnc[nH]1)CCO2)OCc1ccccc1. The quantitative estimate of drug-likeness (QED) is 0.710. The first-order valence-corrected chi connectivity index (χ1v) is 8.99. The Balaban J connectivity index is 1.42. The van der Waals surface area contributed by atoms with Crippen molar-refractivity contribution in [1.29, 1.82) is 0 Å². The number of aromatic amines is 1. The lowest BCUT2D eigenvalue weighted by Gasteiger charge is -2.26. The van der Waals surface area contributed by atoms with Crippen LogP contribution in [0.4, 0.5) is 10.5 Å². The zero-order chi connectivity index (χ0) is 18.5. The van der Waals surface area contributed by atoms with Crippen LogP contribution in [0, 0.1) is 0 Å². The number of H-pyrrole nitrogens is 1. The number of ether oxygens (including phenoxy) is 2. The highest BCUT2D eigenvalue weighted by atomic mass is 16.5. The van der Waals surface area contributed by atoms with E-state index in [1.54, 1.807) is 6.33 Å². The monoisotopic (exact) mass is 363 g/mol. The number of carbonyl (C=O) groups is 1. The van der Waals surface area contributed by atoms with Gasteiger partial charge in [0.15, 0.2) is 0 Å². The van der Waals surface area contributed by atoms with Crippen LogP contribution in [0.5, 0.6) is 5.75 Å². The number of aromatic nitrogens is 2. The van der Waals surface area contributed by atoms with Gasteiger partial charge in [-0.1, -0.05) is 30.3 Å². The summed E-state index contributed by atoms with van der Waals surface area (Å²) in [7, 11) is 0. The molecule has 1 aliphatic rings. The van der Waals surface area contributed by atoms with Gasteiger partial charge in [-0.3, -0.25) is 5.32 Å². The lowest BCUT2D eigenvalue weighted by atomic mass is 9.89. The van der Waals surface area contributed by atoms with E-state index < -0.39 is 6.09 Å². The minimum Gasteiger partial charge on any atom is -0.493 e. The second kappa shape index (κ2) is 7.95. The van der Waals surface area contributed by atoms with Crippen molar-refractivity contribution in [2.45, 2.75) is 25.4 Å². The number of rotatable bonds is 5. The molecule has 2 aromatic carbocycles. The van der Waals surface area contributed by atoms with E-state index in [1.165, 1.54) is 0 Å². The van der Waals surface area contributed by atoms with E-state index in [0.29, 0.717) is 18.2 Å². The zero-order valence-electron chi connectivity index (χ0n) is 14.9. The highest BCUT2D eigenvalue weighted by Crippen LogP contribution is 2.37. The number of nitrogens with one attached hydrogen (secondary N) is 2. The number of hydrogen-bond donors (Lipinski definition) is 2. The summed E-state index contributed by atoms with van der Waals surface area (Å²) in [5.74, 6) is 1.19. The van der Waals surface area contributed by atoms with Gasteiger partial charge in [0.05, 0.1) is 12.9 Å². The van der Waals surface area contributed by atoms with E-state index in [9.17, 15) is 4.79 Å². The minimum absolute atomic E-state index is 0.239. The number of hydrogen-bond acceptors (Lipinski definition) is 4. The molecule has 0 saturated heterocycles. The number of fused-ring (bicyclic) bond motifs is 1. The first kappa shape index (κ1) is 17.1. The standard InChI is InChI=1S/C21H21N3O3/c25-21(27-13-15-4-2-1-3-5-15)24-17-6-7-20-19(11-17)16(8-9-26-20)10-18-12-22-14-23-18/h1-7,11-12,14,16H,8-10,13H2,(H,22,23)(H,24,25). The lowest BCUT2D eigenvalue weighted by Crippen LogP contribution is -2.18. The Kier molecular flexibility index (Phi) is 5.05. The van der Waals surface area contributed by atoms with E-state index in [2.05, 4.69) is 15.3 Å². The van der Waals surface area contributed by atoms with Gasteiger partial charge in [0, 0.05) is 17.6 Å². The Hall–Kier alpha value is -3.28. The van der Waals surface area contributed by atoms with E-state index in [1.807, 2.05) is 54.7 Å². The fraction of sp³-hybridized carbons (Fsp3) is 0.238. The molecule has 1 aromatic heterocycles. The van der Waals surface area contributed by atoms with E-state index in [0.717, 1.165) is 35.4 Å². The molecule has 1 unspecified atom stereocenters. The molecule has 2 N–H and O–H groups in total. The third-order valence-electron chi connectivity index (χ3n) is 4.65. The van der Waals surface area contributed by atoms with Crippen molar-refractivity contribution >= 4 is 11.8 Å². The Morgan fingerprint density at radius 2 is 2.15 bits per heavy atom. The fourth-order valence-corrected chi connectivity index (χ4v) is 3.29.